The lowest BCUT2D eigenvalue weighted by Crippen LogP contribution is -2.53. The summed E-state index contributed by atoms with van der Waals surface area (Å²) in [6.45, 7) is 5.28. The number of nitrogens with one attached hydrogen (secondary N) is 1. The number of rotatable bonds is 3. The molecular formula is C22H23BrFN3O3. The fourth-order valence-corrected chi connectivity index (χ4v) is 3.69. The summed E-state index contributed by atoms with van der Waals surface area (Å²) in [6.07, 6.45) is 0. The van der Waals surface area contributed by atoms with Crippen molar-refractivity contribution in [3.05, 3.63) is 63.9 Å². The third kappa shape index (κ3) is 5.05. The molecule has 0 radical (unpaired) electrons. The molecule has 6 nitrogen and oxygen atoms in total. The van der Waals surface area contributed by atoms with E-state index in [1.807, 2.05) is 12.1 Å². The van der Waals surface area contributed by atoms with E-state index >= 15 is 0 Å². The van der Waals surface area contributed by atoms with Gasteiger partial charge in [0.15, 0.2) is 0 Å². The quantitative estimate of drug-likeness (QED) is 0.688. The van der Waals surface area contributed by atoms with Crippen LogP contribution in [0.15, 0.2) is 46.9 Å². The van der Waals surface area contributed by atoms with Crippen molar-refractivity contribution >= 4 is 39.3 Å². The van der Waals surface area contributed by atoms with Gasteiger partial charge in [-0.05, 0) is 63.8 Å². The summed E-state index contributed by atoms with van der Waals surface area (Å²) >= 11 is 3.43. The number of hydrogen-bond acceptors (Lipinski definition) is 3. The summed E-state index contributed by atoms with van der Waals surface area (Å²) in [4.78, 5) is 40.5. The number of carbonyl (C=O) groups excluding carboxylic acids is 3. The van der Waals surface area contributed by atoms with Crippen molar-refractivity contribution in [3.8, 4) is 0 Å². The monoisotopic (exact) mass is 475 g/mol. The van der Waals surface area contributed by atoms with Crippen LogP contribution in [-0.4, -0.2) is 53.7 Å². The van der Waals surface area contributed by atoms with E-state index in [1.54, 1.807) is 11.0 Å². The largest absolute Gasteiger partial charge is 0.335 e. The lowest BCUT2D eigenvalue weighted by molar-refractivity contribution is -0.144. The molecule has 1 fully saturated rings. The van der Waals surface area contributed by atoms with Crippen molar-refractivity contribution in [2.24, 2.45) is 0 Å². The third-order valence-corrected chi connectivity index (χ3v) is 5.70. The Morgan fingerprint density at radius 3 is 2.13 bits per heavy atom. The van der Waals surface area contributed by atoms with E-state index in [-0.39, 0.29) is 19.0 Å². The van der Waals surface area contributed by atoms with Crippen LogP contribution in [0.1, 0.15) is 35.7 Å². The lowest BCUT2D eigenvalue weighted by Gasteiger charge is -2.34. The zero-order valence-electron chi connectivity index (χ0n) is 16.8. The maximum Gasteiger partial charge on any atom is 0.313 e. The molecule has 1 saturated heterocycles. The Balaban J connectivity index is 1.56. The maximum atomic E-state index is 13.0. The Kier molecular flexibility index (Phi) is 6.87. The summed E-state index contributed by atoms with van der Waals surface area (Å²) in [6, 6.07) is 11.0. The molecule has 3 rings (SSSR count). The first-order valence-corrected chi connectivity index (χ1v) is 10.5. The number of nitrogens with zero attached hydrogens (tertiary/aromatic N) is 2. The zero-order chi connectivity index (χ0) is 21.8. The van der Waals surface area contributed by atoms with E-state index in [4.69, 9.17) is 0 Å². The summed E-state index contributed by atoms with van der Waals surface area (Å²) in [5.74, 6) is -1.63. The number of carbonyl (C=O) groups is 3. The highest BCUT2D eigenvalue weighted by atomic mass is 79.9. The highest BCUT2D eigenvalue weighted by molar-refractivity contribution is 9.10. The van der Waals surface area contributed by atoms with Crippen LogP contribution in [-0.2, 0) is 9.59 Å². The fraction of sp³-hybridized carbons (Fsp3) is 0.318. The molecule has 1 heterocycles. The van der Waals surface area contributed by atoms with Gasteiger partial charge in [0, 0.05) is 36.2 Å². The summed E-state index contributed by atoms with van der Waals surface area (Å²) in [5.41, 5.74) is 2.04. The SMILES string of the molecule is CC(C)c1ccc(NC(=O)C(=O)N2CCN(C(=O)c3ccc(F)cc3)CC2)c(Br)c1. The second-order valence-electron chi connectivity index (χ2n) is 7.44. The van der Waals surface area contributed by atoms with Crippen LogP contribution in [0.25, 0.3) is 0 Å². The fourth-order valence-electron chi connectivity index (χ4n) is 3.20. The predicted octanol–water partition coefficient (Wildman–Crippen LogP) is 3.63. The van der Waals surface area contributed by atoms with Crippen molar-refractivity contribution in [2.45, 2.75) is 19.8 Å². The van der Waals surface area contributed by atoms with Gasteiger partial charge in [0.1, 0.15) is 5.82 Å². The molecule has 1 N–H and O–H groups in total. The molecule has 0 spiro atoms. The summed E-state index contributed by atoms with van der Waals surface area (Å²) in [5, 5.41) is 2.65. The van der Waals surface area contributed by atoms with E-state index in [0.717, 1.165) is 5.56 Å². The van der Waals surface area contributed by atoms with Crippen LogP contribution in [0.5, 0.6) is 0 Å². The molecule has 30 heavy (non-hydrogen) atoms. The van der Waals surface area contributed by atoms with E-state index in [9.17, 15) is 18.8 Å². The van der Waals surface area contributed by atoms with Gasteiger partial charge in [0.05, 0.1) is 5.69 Å². The minimum atomic E-state index is -0.716. The molecule has 1 aliphatic rings. The van der Waals surface area contributed by atoms with Crippen LogP contribution in [0.2, 0.25) is 0 Å². The first-order valence-electron chi connectivity index (χ1n) is 9.71. The number of piperazine rings is 1. The highest BCUT2D eigenvalue weighted by Crippen LogP contribution is 2.27. The second-order valence-corrected chi connectivity index (χ2v) is 8.29. The molecule has 8 heteroatoms. The third-order valence-electron chi connectivity index (χ3n) is 5.05. The summed E-state index contributed by atoms with van der Waals surface area (Å²) in [7, 11) is 0. The Bertz CT molecular complexity index is 955. The predicted molar refractivity (Wildman–Crippen MR) is 116 cm³/mol. The average molecular weight is 476 g/mol. The van der Waals surface area contributed by atoms with E-state index < -0.39 is 17.6 Å². The van der Waals surface area contributed by atoms with Gasteiger partial charge in [-0.15, -0.1) is 0 Å². The number of hydrogen-bond donors (Lipinski definition) is 1. The Hall–Kier alpha value is -2.74. The minimum Gasteiger partial charge on any atom is -0.335 e. The van der Waals surface area contributed by atoms with Crippen molar-refractivity contribution in [1.29, 1.82) is 0 Å². The number of anilines is 1. The standard InChI is InChI=1S/C22H23BrFN3O3/c1-14(2)16-5-8-19(18(23)13-16)25-20(28)22(30)27-11-9-26(10-12-27)21(29)15-3-6-17(24)7-4-15/h3-8,13-14H,9-12H2,1-2H3,(H,25,28). The highest BCUT2D eigenvalue weighted by Gasteiger charge is 2.28. The number of halogens is 2. The molecule has 0 unspecified atom stereocenters. The Morgan fingerprint density at radius 1 is 0.967 bits per heavy atom. The summed E-state index contributed by atoms with van der Waals surface area (Å²) < 4.78 is 13.7. The Morgan fingerprint density at radius 2 is 1.57 bits per heavy atom. The molecular weight excluding hydrogens is 453 g/mol. The van der Waals surface area contributed by atoms with Gasteiger partial charge >= 0.3 is 11.8 Å². The van der Waals surface area contributed by atoms with Crippen LogP contribution < -0.4 is 5.32 Å². The van der Waals surface area contributed by atoms with Crippen molar-refractivity contribution < 1.29 is 18.8 Å². The molecule has 2 aromatic carbocycles. The van der Waals surface area contributed by atoms with Gasteiger partial charge in [0.2, 0.25) is 0 Å². The van der Waals surface area contributed by atoms with Gasteiger partial charge in [0.25, 0.3) is 5.91 Å². The zero-order valence-corrected chi connectivity index (χ0v) is 18.4. The molecule has 0 atom stereocenters. The molecule has 0 aromatic heterocycles. The molecule has 0 bridgehead atoms. The van der Waals surface area contributed by atoms with Crippen molar-refractivity contribution in [1.82, 2.24) is 9.80 Å². The molecule has 158 valence electrons. The van der Waals surface area contributed by atoms with E-state index in [1.165, 1.54) is 29.2 Å². The van der Waals surface area contributed by atoms with Gasteiger partial charge < -0.3 is 15.1 Å². The average Bonchev–Trinajstić information content (AvgIpc) is 2.74. The second kappa shape index (κ2) is 9.38. The van der Waals surface area contributed by atoms with E-state index in [0.29, 0.717) is 34.7 Å². The van der Waals surface area contributed by atoms with Crippen molar-refractivity contribution in [2.75, 3.05) is 31.5 Å². The normalized spacial score (nSPS) is 14.0. The maximum absolute atomic E-state index is 13.0. The molecule has 0 aliphatic carbocycles. The van der Waals surface area contributed by atoms with Crippen LogP contribution in [0, 0.1) is 5.82 Å². The van der Waals surface area contributed by atoms with Crippen LogP contribution >= 0.6 is 15.9 Å². The van der Waals surface area contributed by atoms with E-state index in [2.05, 4.69) is 35.1 Å². The van der Waals surface area contributed by atoms with Gasteiger partial charge in [-0.2, -0.15) is 0 Å². The topological polar surface area (TPSA) is 69.7 Å². The number of amides is 3. The molecule has 0 saturated carbocycles. The molecule has 2 aromatic rings. The van der Waals surface area contributed by atoms with Gasteiger partial charge in [-0.25, -0.2) is 4.39 Å². The van der Waals surface area contributed by atoms with Crippen molar-refractivity contribution in [3.63, 3.8) is 0 Å². The smallest absolute Gasteiger partial charge is 0.313 e. The van der Waals surface area contributed by atoms with Gasteiger partial charge in [-0.3, -0.25) is 14.4 Å². The Labute approximate surface area is 183 Å². The molecule has 3 amide bonds. The lowest BCUT2D eigenvalue weighted by atomic mass is 10.0. The first kappa shape index (κ1) is 22.0. The van der Waals surface area contributed by atoms with Crippen LogP contribution in [0.4, 0.5) is 10.1 Å². The van der Waals surface area contributed by atoms with Gasteiger partial charge in [-0.1, -0.05) is 19.9 Å². The first-order chi connectivity index (χ1) is 14.3. The van der Waals surface area contributed by atoms with Crippen LogP contribution in [0.3, 0.4) is 0 Å². The minimum absolute atomic E-state index is 0.222. The molecule has 1 aliphatic heterocycles. The number of benzene rings is 2.